The first kappa shape index (κ1) is 19.6. The second-order valence-electron chi connectivity index (χ2n) is 7.39. The van der Waals surface area contributed by atoms with Gasteiger partial charge in [0.2, 0.25) is 0 Å². The van der Waals surface area contributed by atoms with Crippen LogP contribution in [0.15, 0.2) is 23.8 Å². The number of carboxylic acids is 2. The van der Waals surface area contributed by atoms with Crippen molar-refractivity contribution < 1.29 is 24.2 Å². The molecule has 0 aromatic rings. The van der Waals surface area contributed by atoms with Crippen LogP contribution < -0.4 is 0 Å². The van der Waals surface area contributed by atoms with Crippen LogP contribution in [-0.2, 0) is 14.0 Å². The fourth-order valence-electron chi connectivity index (χ4n) is 2.69. The minimum atomic E-state index is -1.08. The molecule has 0 amide bonds. The van der Waals surface area contributed by atoms with Crippen molar-refractivity contribution in [2.75, 3.05) is 0 Å². The molecule has 2 N–H and O–H groups in total. The Morgan fingerprint density at radius 2 is 1.78 bits per heavy atom. The molecular formula is C17H28O5Si. The van der Waals surface area contributed by atoms with E-state index in [-0.39, 0.29) is 17.6 Å². The summed E-state index contributed by atoms with van der Waals surface area (Å²) >= 11 is 0. The average molecular weight is 340 g/mol. The van der Waals surface area contributed by atoms with Gasteiger partial charge in [-0.25, -0.2) is 4.79 Å². The van der Waals surface area contributed by atoms with E-state index < -0.39 is 26.4 Å². The summed E-state index contributed by atoms with van der Waals surface area (Å²) in [6, 6.07) is 2.83. The summed E-state index contributed by atoms with van der Waals surface area (Å²) in [6.45, 7) is 8.00. The van der Waals surface area contributed by atoms with Gasteiger partial charge in [-0.05, 0) is 46.2 Å². The van der Waals surface area contributed by atoms with Crippen LogP contribution in [0.4, 0.5) is 0 Å². The van der Waals surface area contributed by atoms with E-state index >= 15 is 0 Å². The second kappa shape index (κ2) is 7.92. The lowest BCUT2D eigenvalue weighted by Gasteiger charge is -2.24. The van der Waals surface area contributed by atoms with Gasteiger partial charge in [0.1, 0.15) is 0 Å². The van der Waals surface area contributed by atoms with Crippen LogP contribution in [0.2, 0.25) is 12.1 Å². The Bertz CT molecular complexity index is 498. The molecule has 0 radical (unpaired) electrons. The van der Waals surface area contributed by atoms with Crippen LogP contribution in [-0.4, -0.2) is 36.8 Å². The molecule has 1 fully saturated rings. The average Bonchev–Trinajstić information content (AvgIpc) is 2.90. The predicted molar refractivity (Wildman–Crippen MR) is 92.1 cm³/mol. The lowest BCUT2D eigenvalue weighted by atomic mass is 9.80. The first-order valence-corrected chi connectivity index (χ1v) is 10.2. The molecule has 5 nitrogen and oxygen atoms in total. The molecule has 23 heavy (non-hydrogen) atoms. The molecule has 1 atom stereocenters. The maximum Gasteiger partial charge on any atom is 0.331 e. The highest BCUT2D eigenvalue weighted by Crippen LogP contribution is 2.31. The molecule has 0 aromatic carbocycles. The molecule has 1 aliphatic carbocycles. The van der Waals surface area contributed by atoms with Gasteiger partial charge in [0.05, 0.1) is 5.41 Å². The Kier molecular flexibility index (Phi) is 6.77. The summed E-state index contributed by atoms with van der Waals surface area (Å²) in [7, 11) is -0.706. The topological polar surface area (TPSA) is 83.8 Å². The van der Waals surface area contributed by atoms with Gasteiger partial charge < -0.3 is 14.6 Å². The number of aliphatic carboxylic acids is 2. The molecule has 1 heterocycles. The summed E-state index contributed by atoms with van der Waals surface area (Å²) in [4.78, 5) is 21.3. The second-order valence-corrected chi connectivity index (χ2v) is 10.0. The molecule has 0 bridgehead atoms. The maximum absolute atomic E-state index is 10.8. The van der Waals surface area contributed by atoms with Gasteiger partial charge in [0.15, 0.2) is 9.04 Å². The van der Waals surface area contributed by atoms with Crippen LogP contribution in [0.5, 0.6) is 0 Å². The van der Waals surface area contributed by atoms with Crippen molar-refractivity contribution in [2.24, 2.45) is 5.41 Å². The summed E-state index contributed by atoms with van der Waals surface area (Å²) < 4.78 is 5.94. The minimum absolute atomic E-state index is 0.0359. The third-order valence-electron chi connectivity index (χ3n) is 3.90. The van der Waals surface area contributed by atoms with E-state index in [4.69, 9.17) is 14.6 Å². The van der Waals surface area contributed by atoms with Crippen molar-refractivity contribution >= 4 is 21.0 Å². The van der Waals surface area contributed by atoms with E-state index in [0.29, 0.717) is 0 Å². The molecule has 1 saturated heterocycles. The van der Waals surface area contributed by atoms with Gasteiger partial charge in [-0.3, -0.25) is 4.79 Å². The van der Waals surface area contributed by atoms with Gasteiger partial charge in [0, 0.05) is 11.2 Å². The molecule has 2 rings (SSSR count). The highest BCUT2D eigenvalue weighted by atomic mass is 28.3. The van der Waals surface area contributed by atoms with Gasteiger partial charge in [-0.2, -0.15) is 0 Å². The van der Waals surface area contributed by atoms with E-state index in [9.17, 15) is 9.59 Å². The minimum Gasteiger partial charge on any atom is -0.481 e. The van der Waals surface area contributed by atoms with Crippen LogP contribution in [0.3, 0.4) is 0 Å². The van der Waals surface area contributed by atoms with E-state index in [1.165, 1.54) is 50.1 Å². The van der Waals surface area contributed by atoms with Crippen molar-refractivity contribution in [1.82, 2.24) is 0 Å². The first-order chi connectivity index (χ1) is 10.5. The molecule has 2 aliphatic rings. The SMILES string of the molecule is CC(C)(C)O[SiH]1CCCC1.CC1(C(=O)O)C=CC=C(C(=O)O)C1. The number of hydrogen-bond donors (Lipinski definition) is 2. The summed E-state index contributed by atoms with van der Waals surface area (Å²) in [5, 5.41) is 17.5. The summed E-state index contributed by atoms with van der Waals surface area (Å²) in [6.07, 6.45) is 7.28. The molecule has 0 aromatic heterocycles. The molecule has 130 valence electrons. The van der Waals surface area contributed by atoms with Crippen LogP contribution in [0.25, 0.3) is 0 Å². The number of rotatable bonds is 3. The van der Waals surface area contributed by atoms with Crippen molar-refractivity contribution in [3.05, 3.63) is 23.8 Å². The third kappa shape index (κ3) is 6.70. The number of carboxylic acid groups (broad SMARTS) is 2. The van der Waals surface area contributed by atoms with Crippen molar-refractivity contribution in [2.45, 2.75) is 64.6 Å². The zero-order chi connectivity index (χ0) is 17.7. The first-order valence-electron chi connectivity index (χ1n) is 8.06. The maximum atomic E-state index is 10.8. The van der Waals surface area contributed by atoms with Gasteiger partial charge in [-0.15, -0.1) is 0 Å². The van der Waals surface area contributed by atoms with Crippen LogP contribution in [0, 0.1) is 5.41 Å². The van der Waals surface area contributed by atoms with Crippen LogP contribution in [0.1, 0.15) is 47.0 Å². The van der Waals surface area contributed by atoms with Crippen molar-refractivity contribution in [3.8, 4) is 0 Å². The Balaban J connectivity index is 0.000000238. The summed E-state index contributed by atoms with van der Waals surface area (Å²) in [5.41, 5.74) is -0.823. The Morgan fingerprint density at radius 1 is 1.22 bits per heavy atom. The van der Waals surface area contributed by atoms with E-state index in [1.807, 2.05) is 0 Å². The lowest BCUT2D eigenvalue weighted by molar-refractivity contribution is -0.145. The quantitative estimate of drug-likeness (QED) is 0.770. The highest BCUT2D eigenvalue weighted by Gasteiger charge is 2.34. The summed E-state index contributed by atoms with van der Waals surface area (Å²) in [5.74, 6) is -2.06. The van der Waals surface area contributed by atoms with Crippen LogP contribution >= 0.6 is 0 Å². The van der Waals surface area contributed by atoms with Gasteiger partial charge >= 0.3 is 11.9 Å². The zero-order valence-corrected chi connectivity index (χ0v) is 15.6. The molecule has 6 heteroatoms. The highest BCUT2D eigenvalue weighted by molar-refractivity contribution is 6.52. The molecular weight excluding hydrogens is 312 g/mol. The Hall–Kier alpha value is -1.40. The number of hydrogen-bond acceptors (Lipinski definition) is 3. The van der Waals surface area contributed by atoms with Crippen molar-refractivity contribution in [1.29, 1.82) is 0 Å². The fraction of sp³-hybridized carbons (Fsp3) is 0.647. The number of carbonyl (C=O) groups is 2. The lowest BCUT2D eigenvalue weighted by Crippen LogP contribution is -2.28. The molecule has 0 saturated carbocycles. The van der Waals surface area contributed by atoms with Crippen molar-refractivity contribution in [3.63, 3.8) is 0 Å². The molecule has 1 aliphatic heterocycles. The number of allylic oxidation sites excluding steroid dienone is 2. The predicted octanol–water partition coefficient (Wildman–Crippen LogP) is 3.37. The Morgan fingerprint density at radius 3 is 2.22 bits per heavy atom. The molecule has 1 unspecified atom stereocenters. The monoisotopic (exact) mass is 340 g/mol. The van der Waals surface area contributed by atoms with E-state index in [0.717, 1.165) is 0 Å². The fourth-order valence-corrected chi connectivity index (χ4v) is 5.70. The molecule has 0 spiro atoms. The smallest absolute Gasteiger partial charge is 0.331 e. The van der Waals surface area contributed by atoms with E-state index in [2.05, 4.69) is 20.8 Å². The van der Waals surface area contributed by atoms with E-state index in [1.54, 1.807) is 0 Å². The standard InChI is InChI=1S/C9H10O4.C8H18OSi/c1-9(8(12)13)4-2-3-6(5-9)7(10)11;1-8(2,3)9-10-6-4-5-7-10/h2-4H,5H2,1H3,(H,10,11)(H,12,13);10H,4-7H2,1-3H3. The van der Waals surface area contributed by atoms with Gasteiger partial charge in [-0.1, -0.05) is 31.1 Å². The third-order valence-corrected chi connectivity index (χ3v) is 7.05. The zero-order valence-electron chi connectivity index (χ0n) is 14.5. The normalized spacial score (nSPS) is 24.6. The van der Waals surface area contributed by atoms with Gasteiger partial charge in [0.25, 0.3) is 0 Å². The Labute approximate surface area is 139 Å². The largest absolute Gasteiger partial charge is 0.481 e.